The van der Waals surface area contributed by atoms with Gasteiger partial charge in [0.2, 0.25) is 5.88 Å². The van der Waals surface area contributed by atoms with Crippen molar-refractivity contribution in [2.75, 3.05) is 31.6 Å². The van der Waals surface area contributed by atoms with Gasteiger partial charge in [-0.25, -0.2) is 0 Å². The van der Waals surface area contributed by atoms with Crippen LogP contribution in [0.15, 0.2) is 12.4 Å². The third-order valence-corrected chi connectivity index (χ3v) is 2.99. The van der Waals surface area contributed by atoms with E-state index in [0.29, 0.717) is 11.8 Å². The van der Waals surface area contributed by atoms with Crippen molar-refractivity contribution in [3.8, 4) is 5.88 Å². The molecular formula is C11H18N4O. The maximum absolute atomic E-state index is 5.71. The van der Waals surface area contributed by atoms with Crippen LogP contribution < -0.4 is 15.4 Å². The fraction of sp³-hybridized carbons (Fsp3) is 0.636. The second kappa shape index (κ2) is 5.12. The van der Waals surface area contributed by atoms with E-state index in [1.165, 1.54) is 12.8 Å². The van der Waals surface area contributed by atoms with E-state index < -0.39 is 0 Å². The summed E-state index contributed by atoms with van der Waals surface area (Å²) < 4.78 is 5.07. The Morgan fingerprint density at radius 3 is 3.19 bits per heavy atom. The molecule has 0 spiro atoms. The Morgan fingerprint density at radius 2 is 2.44 bits per heavy atom. The van der Waals surface area contributed by atoms with Crippen LogP contribution in [-0.4, -0.2) is 36.7 Å². The fourth-order valence-electron chi connectivity index (χ4n) is 2.05. The van der Waals surface area contributed by atoms with Gasteiger partial charge in [0, 0.05) is 13.1 Å². The highest BCUT2D eigenvalue weighted by molar-refractivity contribution is 5.38. The summed E-state index contributed by atoms with van der Waals surface area (Å²) in [6, 6.07) is 0. The molecule has 1 saturated heterocycles. The van der Waals surface area contributed by atoms with Crippen LogP contribution >= 0.6 is 0 Å². The molecule has 0 aromatic carbocycles. The van der Waals surface area contributed by atoms with Gasteiger partial charge in [-0.3, -0.25) is 4.98 Å². The minimum Gasteiger partial charge on any atom is -0.480 e. The van der Waals surface area contributed by atoms with Crippen LogP contribution in [0.3, 0.4) is 0 Å². The number of nitrogens with zero attached hydrogens (tertiary/aromatic N) is 3. The van der Waals surface area contributed by atoms with Gasteiger partial charge in [0.15, 0.2) is 5.82 Å². The first-order valence-corrected chi connectivity index (χ1v) is 5.64. The van der Waals surface area contributed by atoms with Crippen molar-refractivity contribution in [2.45, 2.75) is 12.8 Å². The predicted molar refractivity (Wildman–Crippen MR) is 62.6 cm³/mol. The molecule has 1 aromatic rings. The molecule has 2 N–H and O–H groups in total. The van der Waals surface area contributed by atoms with Crippen molar-refractivity contribution in [1.29, 1.82) is 0 Å². The number of piperidine rings is 1. The van der Waals surface area contributed by atoms with Crippen molar-refractivity contribution in [1.82, 2.24) is 9.97 Å². The number of ether oxygens (including phenoxy) is 1. The summed E-state index contributed by atoms with van der Waals surface area (Å²) in [6.45, 7) is 2.74. The maximum Gasteiger partial charge on any atom is 0.233 e. The minimum absolute atomic E-state index is 0.562. The summed E-state index contributed by atoms with van der Waals surface area (Å²) in [7, 11) is 1.60. The van der Waals surface area contributed by atoms with Crippen molar-refractivity contribution in [2.24, 2.45) is 11.7 Å². The molecule has 1 aromatic heterocycles. The van der Waals surface area contributed by atoms with Crippen LogP contribution in [0.4, 0.5) is 5.82 Å². The van der Waals surface area contributed by atoms with Gasteiger partial charge in [-0.05, 0) is 25.3 Å². The van der Waals surface area contributed by atoms with Crippen molar-refractivity contribution < 1.29 is 4.74 Å². The molecule has 0 bridgehead atoms. The van der Waals surface area contributed by atoms with Crippen LogP contribution in [0.5, 0.6) is 5.88 Å². The van der Waals surface area contributed by atoms with Crippen molar-refractivity contribution in [3.63, 3.8) is 0 Å². The summed E-state index contributed by atoms with van der Waals surface area (Å²) in [6.07, 6.45) is 5.78. The Bertz CT molecular complexity index is 345. The van der Waals surface area contributed by atoms with Crippen LogP contribution in [0.2, 0.25) is 0 Å². The number of anilines is 1. The lowest BCUT2D eigenvalue weighted by atomic mass is 9.98. The summed E-state index contributed by atoms with van der Waals surface area (Å²) in [5, 5.41) is 0. The quantitative estimate of drug-likeness (QED) is 0.814. The summed E-state index contributed by atoms with van der Waals surface area (Å²) in [5.41, 5.74) is 5.71. The molecule has 1 aliphatic rings. The van der Waals surface area contributed by atoms with E-state index in [1.54, 1.807) is 19.5 Å². The van der Waals surface area contributed by atoms with Gasteiger partial charge in [0.05, 0.1) is 19.5 Å². The minimum atomic E-state index is 0.562. The van der Waals surface area contributed by atoms with Crippen molar-refractivity contribution >= 4 is 5.82 Å². The Morgan fingerprint density at radius 1 is 1.56 bits per heavy atom. The Hall–Kier alpha value is -1.36. The Balaban J connectivity index is 2.10. The number of methoxy groups -OCH3 is 1. The molecule has 5 heteroatoms. The highest BCUT2D eigenvalue weighted by atomic mass is 16.5. The highest BCUT2D eigenvalue weighted by Gasteiger charge is 2.20. The first-order valence-electron chi connectivity index (χ1n) is 5.64. The molecule has 88 valence electrons. The summed E-state index contributed by atoms with van der Waals surface area (Å²) in [5.74, 6) is 2.02. The third-order valence-electron chi connectivity index (χ3n) is 2.99. The van der Waals surface area contributed by atoms with Gasteiger partial charge in [-0.15, -0.1) is 0 Å². The molecule has 5 nitrogen and oxygen atoms in total. The highest BCUT2D eigenvalue weighted by Crippen LogP contribution is 2.21. The lowest BCUT2D eigenvalue weighted by molar-refractivity contribution is 0.391. The molecular weight excluding hydrogens is 204 g/mol. The topological polar surface area (TPSA) is 64.3 Å². The molecule has 0 amide bonds. The zero-order chi connectivity index (χ0) is 11.4. The molecule has 0 saturated carbocycles. The molecule has 1 fully saturated rings. The molecule has 2 rings (SSSR count). The third kappa shape index (κ3) is 2.41. The number of rotatable bonds is 3. The van der Waals surface area contributed by atoms with E-state index in [4.69, 9.17) is 10.5 Å². The zero-order valence-electron chi connectivity index (χ0n) is 9.59. The lowest BCUT2D eigenvalue weighted by Gasteiger charge is -2.32. The second-order valence-corrected chi connectivity index (χ2v) is 4.11. The van der Waals surface area contributed by atoms with Gasteiger partial charge in [-0.2, -0.15) is 4.98 Å². The second-order valence-electron chi connectivity index (χ2n) is 4.11. The van der Waals surface area contributed by atoms with E-state index in [2.05, 4.69) is 14.9 Å². The van der Waals surface area contributed by atoms with E-state index in [0.717, 1.165) is 25.5 Å². The van der Waals surface area contributed by atoms with E-state index >= 15 is 0 Å². The molecule has 2 heterocycles. The zero-order valence-corrected chi connectivity index (χ0v) is 9.59. The standard InChI is InChI=1S/C11H18N4O/c1-16-11-7-13-6-10(14-11)15-4-2-3-9(5-12)8-15/h6-7,9H,2-5,8,12H2,1H3. The molecule has 1 atom stereocenters. The number of hydrogen-bond acceptors (Lipinski definition) is 5. The maximum atomic E-state index is 5.71. The first kappa shape index (κ1) is 11.1. The van der Waals surface area contributed by atoms with E-state index in [9.17, 15) is 0 Å². The predicted octanol–water partition coefficient (Wildman–Crippen LogP) is 0.660. The van der Waals surface area contributed by atoms with Crippen LogP contribution in [0, 0.1) is 5.92 Å². The molecule has 0 aliphatic carbocycles. The van der Waals surface area contributed by atoms with Gasteiger partial charge >= 0.3 is 0 Å². The van der Waals surface area contributed by atoms with E-state index in [1.807, 2.05) is 0 Å². The smallest absolute Gasteiger partial charge is 0.233 e. The van der Waals surface area contributed by atoms with Crippen LogP contribution in [0.25, 0.3) is 0 Å². The van der Waals surface area contributed by atoms with Gasteiger partial charge in [0.1, 0.15) is 0 Å². The van der Waals surface area contributed by atoms with Gasteiger partial charge < -0.3 is 15.4 Å². The normalized spacial score (nSPS) is 20.9. The molecule has 0 radical (unpaired) electrons. The van der Waals surface area contributed by atoms with Crippen molar-refractivity contribution in [3.05, 3.63) is 12.4 Å². The largest absolute Gasteiger partial charge is 0.480 e. The average molecular weight is 222 g/mol. The summed E-state index contributed by atoms with van der Waals surface area (Å²) in [4.78, 5) is 10.7. The molecule has 1 unspecified atom stereocenters. The first-order chi connectivity index (χ1) is 7.83. The van der Waals surface area contributed by atoms with E-state index in [-0.39, 0.29) is 0 Å². The van der Waals surface area contributed by atoms with Gasteiger partial charge in [-0.1, -0.05) is 0 Å². The van der Waals surface area contributed by atoms with Gasteiger partial charge in [0.25, 0.3) is 0 Å². The number of aromatic nitrogens is 2. The lowest BCUT2D eigenvalue weighted by Crippen LogP contribution is -2.38. The van der Waals surface area contributed by atoms with Crippen LogP contribution in [0.1, 0.15) is 12.8 Å². The molecule has 16 heavy (non-hydrogen) atoms. The number of nitrogens with two attached hydrogens (primary N) is 1. The average Bonchev–Trinajstić information content (AvgIpc) is 2.39. The monoisotopic (exact) mass is 222 g/mol. The Kier molecular flexibility index (Phi) is 3.56. The summed E-state index contributed by atoms with van der Waals surface area (Å²) >= 11 is 0. The molecule has 1 aliphatic heterocycles. The fourth-order valence-corrected chi connectivity index (χ4v) is 2.05. The Labute approximate surface area is 95.6 Å². The SMILES string of the molecule is COc1cncc(N2CCCC(CN)C2)n1. The van der Waals surface area contributed by atoms with Crippen LogP contribution in [-0.2, 0) is 0 Å². The number of hydrogen-bond donors (Lipinski definition) is 1.